The Morgan fingerprint density at radius 3 is 2.50 bits per heavy atom. The van der Waals surface area contributed by atoms with Crippen LogP contribution < -0.4 is 5.32 Å². The molecule has 2 aliphatic rings. The number of rotatable bonds is 6. The summed E-state index contributed by atoms with van der Waals surface area (Å²) in [6, 6.07) is 11.7. The van der Waals surface area contributed by atoms with Gasteiger partial charge in [0.15, 0.2) is 0 Å². The predicted molar refractivity (Wildman–Crippen MR) is 85.1 cm³/mol. The summed E-state index contributed by atoms with van der Waals surface area (Å²) in [5.74, 6) is 0.802. The van der Waals surface area contributed by atoms with Gasteiger partial charge in [-0.3, -0.25) is 0 Å². The first-order valence-electron chi connectivity index (χ1n) is 8.42. The van der Waals surface area contributed by atoms with E-state index in [-0.39, 0.29) is 0 Å². The summed E-state index contributed by atoms with van der Waals surface area (Å²) in [5.41, 5.74) is 1.53. The maximum Gasteiger partial charge on any atom is 0.00787 e. The molecular weight excluding hydrogens is 244 g/mol. The van der Waals surface area contributed by atoms with E-state index in [0.29, 0.717) is 0 Å². The van der Waals surface area contributed by atoms with Crippen molar-refractivity contribution >= 4 is 0 Å². The lowest BCUT2D eigenvalue weighted by Crippen LogP contribution is -2.41. The molecule has 0 radical (unpaired) electrons. The summed E-state index contributed by atoms with van der Waals surface area (Å²) in [4.78, 5) is 2.64. The largest absolute Gasteiger partial charge is 0.314 e. The first kappa shape index (κ1) is 14.1. The van der Waals surface area contributed by atoms with Gasteiger partial charge in [0.25, 0.3) is 0 Å². The van der Waals surface area contributed by atoms with Crippen molar-refractivity contribution in [3.05, 3.63) is 35.9 Å². The SMILES string of the molecule is c1ccc(C2CC(NCCCN3CCCCC3)C2)cc1. The Hall–Kier alpha value is -0.860. The molecule has 1 aromatic rings. The standard InChI is InChI=1S/C18H28N2/c1-3-8-16(9-4-1)17-14-18(15-17)19-10-7-13-20-11-5-2-6-12-20/h1,3-4,8-9,17-19H,2,5-7,10-15H2. The first-order valence-corrected chi connectivity index (χ1v) is 8.42. The molecule has 3 rings (SSSR count). The monoisotopic (exact) mass is 272 g/mol. The van der Waals surface area contributed by atoms with Crippen molar-refractivity contribution in [1.29, 1.82) is 0 Å². The van der Waals surface area contributed by atoms with Gasteiger partial charge in [-0.15, -0.1) is 0 Å². The second-order valence-electron chi connectivity index (χ2n) is 6.49. The van der Waals surface area contributed by atoms with Crippen molar-refractivity contribution in [1.82, 2.24) is 10.2 Å². The van der Waals surface area contributed by atoms with Crippen LogP contribution in [0.1, 0.15) is 50.0 Å². The zero-order valence-electron chi connectivity index (χ0n) is 12.6. The third kappa shape index (κ3) is 3.83. The smallest absolute Gasteiger partial charge is 0.00787 e. The van der Waals surface area contributed by atoms with E-state index in [1.165, 1.54) is 70.3 Å². The van der Waals surface area contributed by atoms with Gasteiger partial charge in [0.05, 0.1) is 0 Å². The molecule has 0 amide bonds. The zero-order valence-corrected chi connectivity index (χ0v) is 12.6. The Balaban J connectivity index is 1.26. The summed E-state index contributed by atoms with van der Waals surface area (Å²) in [5, 5.41) is 3.73. The summed E-state index contributed by atoms with van der Waals surface area (Å²) in [6.45, 7) is 5.16. The van der Waals surface area contributed by atoms with Gasteiger partial charge in [-0.25, -0.2) is 0 Å². The molecular formula is C18H28N2. The molecule has 1 saturated carbocycles. The van der Waals surface area contributed by atoms with Crippen LogP contribution in [-0.2, 0) is 0 Å². The summed E-state index contributed by atoms with van der Waals surface area (Å²) in [7, 11) is 0. The van der Waals surface area contributed by atoms with Crippen molar-refractivity contribution in [2.24, 2.45) is 0 Å². The van der Waals surface area contributed by atoms with Gasteiger partial charge >= 0.3 is 0 Å². The summed E-state index contributed by atoms with van der Waals surface area (Å²) >= 11 is 0. The van der Waals surface area contributed by atoms with Crippen LogP contribution in [0.2, 0.25) is 0 Å². The number of nitrogens with zero attached hydrogens (tertiary/aromatic N) is 1. The van der Waals surface area contributed by atoms with E-state index >= 15 is 0 Å². The highest BCUT2D eigenvalue weighted by atomic mass is 15.1. The highest BCUT2D eigenvalue weighted by Gasteiger charge is 2.29. The highest BCUT2D eigenvalue weighted by Crippen LogP contribution is 2.36. The van der Waals surface area contributed by atoms with Crippen LogP contribution in [0.25, 0.3) is 0 Å². The Kier molecular flexibility index (Phi) is 5.10. The zero-order chi connectivity index (χ0) is 13.6. The van der Waals surface area contributed by atoms with Gasteiger partial charge in [-0.05, 0) is 69.8 Å². The Morgan fingerprint density at radius 1 is 1.00 bits per heavy atom. The third-order valence-corrected chi connectivity index (χ3v) is 4.94. The van der Waals surface area contributed by atoms with Crippen molar-refractivity contribution < 1.29 is 0 Å². The fourth-order valence-corrected chi connectivity index (χ4v) is 3.57. The molecule has 1 aliphatic carbocycles. The Labute approximate surface area is 123 Å². The van der Waals surface area contributed by atoms with Crippen molar-refractivity contribution in [3.63, 3.8) is 0 Å². The number of benzene rings is 1. The van der Waals surface area contributed by atoms with E-state index in [1.54, 1.807) is 0 Å². The third-order valence-electron chi connectivity index (χ3n) is 4.94. The lowest BCUT2D eigenvalue weighted by molar-refractivity contribution is 0.220. The molecule has 0 unspecified atom stereocenters. The number of hydrogen-bond donors (Lipinski definition) is 1. The molecule has 1 aromatic carbocycles. The van der Waals surface area contributed by atoms with Crippen LogP contribution in [0.5, 0.6) is 0 Å². The number of piperidine rings is 1. The van der Waals surface area contributed by atoms with E-state index in [4.69, 9.17) is 0 Å². The van der Waals surface area contributed by atoms with Gasteiger partial charge in [-0.2, -0.15) is 0 Å². The van der Waals surface area contributed by atoms with Crippen LogP contribution >= 0.6 is 0 Å². The molecule has 1 saturated heterocycles. The predicted octanol–water partition coefficient (Wildman–Crippen LogP) is 3.40. The van der Waals surface area contributed by atoms with Crippen LogP contribution in [0.3, 0.4) is 0 Å². The van der Waals surface area contributed by atoms with Crippen molar-refractivity contribution in [2.75, 3.05) is 26.2 Å². The van der Waals surface area contributed by atoms with Gasteiger partial charge < -0.3 is 10.2 Å². The van der Waals surface area contributed by atoms with E-state index in [0.717, 1.165) is 12.0 Å². The van der Waals surface area contributed by atoms with Crippen molar-refractivity contribution in [2.45, 2.75) is 50.5 Å². The van der Waals surface area contributed by atoms with Crippen LogP contribution in [0.15, 0.2) is 30.3 Å². The average Bonchev–Trinajstić information content (AvgIpc) is 2.47. The molecule has 1 aliphatic heterocycles. The lowest BCUT2D eigenvalue weighted by Gasteiger charge is -2.36. The molecule has 1 heterocycles. The molecule has 0 bridgehead atoms. The molecule has 1 N–H and O–H groups in total. The van der Waals surface area contributed by atoms with Crippen LogP contribution in [0.4, 0.5) is 0 Å². The maximum absolute atomic E-state index is 3.73. The van der Waals surface area contributed by atoms with E-state index in [1.807, 2.05) is 0 Å². The van der Waals surface area contributed by atoms with E-state index < -0.39 is 0 Å². The van der Waals surface area contributed by atoms with Gasteiger partial charge in [0.2, 0.25) is 0 Å². The summed E-state index contributed by atoms with van der Waals surface area (Å²) < 4.78 is 0. The minimum absolute atomic E-state index is 0.765. The number of hydrogen-bond acceptors (Lipinski definition) is 2. The fourth-order valence-electron chi connectivity index (χ4n) is 3.57. The number of likely N-dealkylation sites (tertiary alicyclic amines) is 1. The number of nitrogens with one attached hydrogen (secondary N) is 1. The summed E-state index contributed by atoms with van der Waals surface area (Å²) in [6.07, 6.45) is 8.23. The second-order valence-corrected chi connectivity index (χ2v) is 6.49. The Bertz CT molecular complexity index is 378. The average molecular weight is 272 g/mol. The topological polar surface area (TPSA) is 15.3 Å². The molecule has 2 heteroatoms. The lowest BCUT2D eigenvalue weighted by atomic mass is 9.76. The van der Waals surface area contributed by atoms with Crippen LogP contribution in [-0.4, -0.2) is 37.1 Å². The molecule has 0 atom stereocenters. The Morgan fingerprint density at radius 2 is 1.75 bits per heavy atom. The van der Waals surface area contributed by atoms with Gasteiger partial charge in [-0.1, -0.05) is 36.8 Å². The maximum atomic E-state index is 3.73. The van der Waals surface area contributed by atoms with E-state index in [2.05, 4.69) is 40.5 Å². The second kappa shape index (κ2) is 7.24. The molecule has 20 heavy (non-hydrogen) atoms. The first-order chi connectivity index (χ1) is 9.92. The highest BCUT2D eigenvalue weighted by molar-refractivity contribution is 5.22. The van der Waals surface area contributed by atoms with Crippen molar-refractivity contribution in [3.8, 4) is 0 Å². The quantitative estimate of drug-likeness (QED) is 0.799. The molecule has 0 aromatic heterocycles. The molecule has 2 fully saturated rings. The van der Waals surface area contributed by atoms with Crippen LogP contribution in [0, 0.1) is 0 Å². The molecule has 0 spiro atoms. The molecule has 2 nitrogen and oxygen atoms in total. The van der Waals surface area contributed by atoms with Gasteiger partial charge in [0, 0.05) is 6.04 Å². The normalized spacial score (nSPS) is 27.2. The minimum atomic E-state index is 0.765. The molecule has 110 valence electrons. The van der Waals surface area contributed by atoms with Gasteiger partial charge in [0.1, 0.15) is 0 Å². The fraction of sp³-hybridized carbons (Fsp3) is 0.667. The minimum Gasteiger partial charge on any atom is -0.314 e. The van der Waals surface area contributed by atoms with E-state index in [9.17, 15) is 0 Å².